The minimum Gasteiger partial charge on any atom is -0.507 e. The molecule has 4 heteroatoms. The second-order valence-electron chi connectivity index (χ2n) is 13.0. The summed E-state index contributed by atoms with van der Waals surface area (Å²) in [5.41, 5.74) is 4.09. The van der Waals surface area contributed by atoms with Crippen LogP contribution in [0.25, 0.3) is 66.2 Å². The van der Waals surface area contributed by atoms with Gasteiger partial charge in [-0.25, -0.2) is 9.97 Å². The zero-order valence-electron chi connectivity index (χ0n) is 27.9. The number of phenols is 1. The van der Waals surface area contributed by atoms with Gasteiger partial charge in [0, 0.05) is 22.8 Å². The number of hydrogen-bond acceptors (Lipinski definition) is 4. The predicted octanol–water partition coefficient (Wildman–Crippen LogP) is 12.4. The number of aromatic nitrogens is 2. The van der Waals surface area contributed by atoms with Crippen LogP contribution >= 0.6 is 0 Å². The highest BCUT2D eigenvalue weighted by Crippen LogP contribution is 2.40. The van der Waals surface area contributed by atoms with Gasteiger partial charge in [-0.2, -0.15) is 0 Å². The number of phenolic OH excluding ortho intramolecular Hbond substituents is 1. The van der Waals surface area contributed by atoms with Crippen molar-refractivity contribution in [2.75, 3.05) is 6.61 Å². The van der Waals surface area contributed by atoms with Crippen LogP contribution < -0.4 is 4.74 Å². The van der Waals surface area contributed by atoms with Crippen molar-refractivity contribution < 1.29 is 9.84 Å². The molecule has 0 aliphatic heterocycles. The second-order valence-corrected chi connectivity index (χ2v) is 13.0. The van der Waals surface area contributed by atoms with E-state index in [-0.39, 0.29) is 5.75 Å². The molecule has 1 aromatic heterocycles. The normalized spacial score (nSPS) is 11.6. The Kier molecular flexibility index (Phi) is 9.79. The molecule has 242 valence electrons. The number of rotatable bonds is 15. The Bertz CT molecular complexity index is 2110. The molecule has 0 saturated heterocycles. The molecule has 7 rings (SSSR count). The number of hydrogen-bond donors (Lipinski definition) is 1. The largest absolute Gasteiger partial charge is 0.507 e. The van der Waals surface area contributed by atoms with Crippen molar-refractivity contribution in [3.63, 3.8) is 0 Å². The summed E-state index contributed by atoms with van der Waals surface area (Å²) in [5.74, 6) is 1.45. The molecule has 1 heterocycles. The van der Waals surface area contributed by atoms with E-state index in [1.165, 1.54) is 84.7 Å². The molecule has 6 aromatic carbocycles. The molecule has 0 amide bonds. The molecule has 4 nitrogen and oxygen atoms in total. The Labute approximate surface area is 283 Å². The standard InChI is InChI=1S/C44H44N2O2/c1-2-3-4-5-6-7-8-9-10-14-28-48-35-24-27-38(41(47)29-35)40-30-39(31-16-12-11-13-17-31)45-44(46-40)37-26-23-34-21-20-32-18-15-19-33-22-25-36(37)43(34)42(32)33/h11-13,15-27,29-30,47H,2-10,14,28H2,1H3. The Morgan fingerprint density at radius 2 is 1.17 bits per heavy atom. The van der Waals surface area contributed by atoms with E-state index < -0.39 is 0 Å². The van der Waals surface area contributed by atoms with Crippen molar-refractivity contribution in [2.45, 2.75) is 71.1 Å². The van der Waals surface area contributed by atoms with Gasteiger partial charge in [0.15, 0.2) is 5.82 Å². The molecule has 0 spiro atoms. The van der Waals surface area contributed by atoms with Crippen LogP contribution in [0.5, 0.6) is 11.5 Å². The Morgan fingerprint density at radius 3 is 1.90 bits per heavy atom. The summed E-state index contributed by atoms with van der Waals surface area (Å²) in [5, 5.41) is 18.5. The van der Waals surface area contributed by atoms with E-state index in [0.29, 0.717) is 29.4 Å². The monoisotopic (exact) mass is 632 g/mol. The van der Waals surface area contributed by atoms with Crippen LogP contribution in [0.3, 0.4) is 0 Å². The molecule has 0 saturated carbocycles. The van der Waals surface area contributed by atoms with Gasteiger partial charge in [0.2, 0.25) is 0 Å². The van der Waals surface area contributed by atoms with Crippen LogP contribution in [0.15, 0.2) is 109 Å². The summed E-state index contributed by atoms with van der Waals surface area (Å²) in [6, 6.07) is 37.2. The number of benzene rings is 6. The lowest BCUT2D eigenvalue weighted by atomic mass is 9.91. The van der Waals surface area contributed by atoms with Gasteiger partial charge in [0.1, 0.15) is 11.5 Å². The van der Waals surface area contributed by atoms with Gasteiger partial charge in [-0.1, -0.05) is 144 Å². The summed E-state index contributed by atoms with van der Waals surface area (Å²) >= 11 is 0. The average Bonchev–Trinajstić information content (AvgIpc) is 3.13. The molecule has 7 aromatic rings. The third-order valence-electron chi connectivity index (χ3n) is 9.58. The lowest BCUT2D eigenvalue weighted by Gasteiger charge is -2.15. The zero-order valence-corrected chi connectivity index (χ0v) is 27.9. The van der Waals surface area contributed by atoms with Crippen LogP contribution in [0.2, 0.25) is 0 Å². The topological polar surface area (TPSA) is 55.2 Å². The van der Waals surface area contributed by atoms with E-state index in [2.05, 4.69) is 73.7 Å². The van der Waals surface area contributed by atoms with Gasteiger partial charge in [0.05, 0.1) is 18.0 Å². The number of aromatic hydroxyl groups is 1. The van der Waals surface area contributed by atoms with E-state index in [9.17, 15) is 5.11 Å². The Balaban J connectivity index is 1.14. The highest BCUT2D eigenvalue weighted by atomic mass is 16.5. The summed E-state index contributed by atoms with van der Waals surface area (Å²) in [6.07, 6.45) is 12.9. The Hall–Kier alpha value is -4.96. The molecule has 0 unspecified atom stereocenters. The number of nitrogens with zero attached hydrogens (tertiary/aromatic N) is 2. The van der Waals surface area contributed by atoms with Gasteiger partial charge in [0.25, 0.3) is 0 Å². The maximum atomic E-state index is 11.3. The SMILES string of the molecule is CCCCCCCCCCCCOc1ccc(-c2cc(-c3ccccc3)nc(-c3ccc4ccc5cccc6ccc3c4c56)n2)c(O)c1. The van der Waals surface area contributed by atoms with Crippen LogP contribution in [0, 0.1) is 0 Å². The molecule has 0 radical (unpaired) electrons. The van der Waals surface area contributed by atoms with Gasteiger partial charge < -0.3 is 9.84 Å². The lowest BCUT2D eigenvalue weighted by molar-refractivity contribution is 0.302. The summed E-state index contributed by atoms with van der Waals surface area (Å²) in [6.45, 7) is 2.92. The first-order chi connectivity index (χ1) is 23.7. The van der Waals surface area contributed by atoms with E-state index in [4.69, 9.17) is 14.7 Å². The summed E-state index contributed by atoms with van der Waals surface area (Å²) in [4.78, 5) is 10.2. The average molecular weight is 633 g/mol. The van der Waals surface area contributed by atoms with Crippen molar-refractivity contribution in [2.24, 2.45) is 0 Å². The molecular weight excluding hydrogens is 588 g/mol. The second kappa shape index (κ2) is 14.9. The first-order valence-corrected chi connectivity index (χ1v) is 17.8. The minimum absolute atomic E-state index is 0.148. The number of ether oxygens (including phenoxy) is 1. The van der Waals surface area contributed by atoms with E-state index >= 15 is 0 Å². The third kappa shape index (κ3) is 6.85. The molecular formula is C44H44N2O2. The summed E-state index contributed by atoms with van der Waals surface area (Å²) < 4.78 is 6.05. The zero-order chi connectivity index (χ0) is 32.7. The molecule has 0 aliphatic rings. The van der Waals surface area contributed by atoms with E-state index in [1.54, 1.807) is 6.07 Å². The van der Waals surface area contributed by atoms with Gasteiger partial charge >= 0.3 is 0 Å². The van der Waals surface area contributed by atoms with Crippen molar-refractivity contribution >= 4 is 32.3 Å². The van der Waals surface area contributed by atoms with Crippen molar-refractivity contribution in [3.8, 4) is 45.4 Å². The van der Waals surface area contributed by atoms with Gasteiger partial charge in [-0.15, -0.1) is 0 Å². The Morgan fingerprint density at radius 1 is 0.542 bits per heavy atom. The minimum atomic E-state index is 0.148. The first-order valence-electron chi connectivity index (χ1n) is 17.8. The predicted molar refractivity (Wildman–Crippen MR) is 201 cm³/mol. The molecule has 1 N–H and O–H groups in total. The lowest BCUT2D eigenvalue weighted by Crippen LogP contribution is -1.99. The van der Waals surface area contributed by atoms with Gasteiger partial charge in [-0.05, 0) is 63.0 Å². The van der Waals surface area contributed by atoms with Crippen LogP contribution in [-0.2, 0) is 0 Å². The highest BCUT2D eigenvalue weighted by molar-refractivity contribution is 6.25. The van der Waals surface area contributed by atoms with E-state index in [1.807, 2.05) is 36.4 Å². The number of unbranched alkanes of at least 4 members (excludes halogenated alkanes) is 9. The van der Waals surface area contributed by atoms with Crippen LogP contribution in [-0.4, -0.2) is 21.7 Å². The van der Waals surface area contributed by atoms with Crippen molar-refractivity contribution in [1.29, 1.82) is 0 Å². The molecule has 0 atom stereocenters. The fourth-order valence-electron chi connectivity index (χ4n) is 6.99. The molecule has 48 heavy (non-hydrogen) atoms. The highest BCUT2D eigenvalue weighted by Gasteiger charge is 2.17. The summed E-state index contributed by atoms with van der Waals surface area (Å²) in [7, 11) is 0. The van der Waals surface area contributed by atoms with Crippen LogP contribution in [0.1, 0.15) is 71.1 Å². The smallest absolute Gasteiger partial charge is 0.161 e. The fourth-order valence-corrected chi connectivity index (χ4v) is 6.99. The fraction of sp³-hybridized carbons (Fsp3) is 0.273. The van der Waals surface area contributed by atoms with Crippen molar-refractivity contribution in [1.82, 2.24) is 9.97 Å². The molecule has 0 bridgehead atoms. The quantitative estimate of drug-likeness (QED) is 0.0902. The van der Waals surface area contributed by atoms with Gasteiger partial charge in [-0.3, -0.25) is 0 Å². The van der Waals surface area contributed by atoms with Crippen molar-refractivity contribution in [3.05, 3.63) is 109 Å². The molecule has 0 fully saturated rings. The first kappa shape index (κ1) is 31.6. The maximum absolute atomic E-state index is 11.3. The van der Waals surface area contributed by atoms with E-state index in [0.717, 1.165) is 28.6 Å². The molecule has 0 aliphatic carbocycles. The third-order valence-corrected chi connectivity index (χ3v) is 9.58. The van der Waals surface area contributed by atoms with Crippen LogP contribution in [0.4, 0.5) is 0 Å². The maximum Gasteiger partial charge on any atom is 0.161 e.